The molecule has 1 aliphatic rings. The topological polar surface area (TPSA) is 61.9 Å². The van der Waals surface area contributed by atoms with Gasteiger partial charge >= 0.3 is 0 Å². The van der Waals surface area contributed by atoms with E-state index in [1.54, 1.807) is 24.4 Å². The van der Waals surface area contributed by atoms with Crippen LogP contribution >= 0.6 is 0 Å². The van der Waals surface area contributed by atoms with E-state index in [0.717, 1.165) is 29.8 Å². The molecular weight excluding hydrogens is 343 g/mol. The number of amides is 1. The minimum absolute atomic E-state index is 0.00368. The van der Waals surface area contributed by atoms with Gasteiger partial charge in [0.05, 0.1) is 0 Å². The second-order valence-corrected chi connectivity index (χ2v) is 6.89. The molecule has 4 rings (SSSR count). The smallest absolute Gasteiger partial charge is 0.271 e. The van der Waals surface area contributed by atoms with Crippen LogP contribution in [0.1, 0.15) is 46.2 Å². The third-order valence-electron chi connectivity index (χ3n) is 5.06. The van der Waals surface area contributed by atoms with Crippen molar-refractivity contribution in [2.24, 2.45) is 0 Å². The summed E-state index contributed by atoms with van der Waals surface area (Å²) in [6.07, 6.45) is 4.07. The normalized spacial score (nSPS) is 15.1. The van der Waals surface area contributed by atoms with E-state index in [1.165, 1.54) is 12.1 Å². The Morgan fingerprint density at radius 3 is 2.59 bits per heavy atom. The number of pyridine rings is 1. The fraction of sp³-hybridized carbons (Fsp3) is 0.286. The Hall–Kier alpha value is -3.02. The molecule has 0 spiro atoms. The van der Waals surface area contributed by atoms with E-state index in [1.807, 2.05) is 17.0 Å². The van der Waals surface area contributed by atoms with Crippen LogP contribution in [-0.2, 0) is 6.42 Å². The summed E-state index contributed by atoms with van der Waals surface area (Å²) in [6, 6.07) is 14.3. The average molecular weight is 364 g/mol. The van der Waals surface area contributed by atoms with Crippen LogP contribution in [0.3, 0.4) is 0 Å². The molecule has 5 nitrogen and oxygen atoms in total. The van der Waals surface area contributed by atoms with Gasteiger partial charge < -0.3 is 4.90 Å². The van der Waals surface area contributed by atoms with Gasteiger partial charge in [-0.05, 0) is 48.7 Å². The second kappa shape index (κ2) is 7.70. The molecule has 3 heterocycles. The van der Waals surface area contributed by atoms with E-state index in [2.05, 4.69) is 16.3 Å². The Morgan fingerprint density at radius 2 is 1.89 bits per heavy atom. The molecule has 0 saturated carbocycles. The molecule has 0 bridgehead atoms. The van der Waals surface area contributed by atoms with Gasteiger partial charge in [-0.2, -0.15) is 5.10 Å². The fourth-order valence-electron chi connectivity index (χ4n) is 3.56. The highest BCUT2D eigenvalue weighted by Crippen LogP contribution is 2.27. The van der Waals surface area contributed by atoms with Gasteiger partial charge in [0.2, 0.25) is 0 Å². The lowest BCUT2D eigenvalue weighted by atomic mass is 9.92. The van der Waals surface area contributed by atoms with Crippen LogP contribution in [0.25, 0.3) is 0 Å². The molecule has 0 radical (unpaired) electrons. The maximum absolute atomic E-state index is 13.1. The van der Waals surface area contributed by atoms with Gasteiger partial charge in [-0.3, -0.25) is 14.9 Å². The molecule has 138 valence electrons. The Morgan fingerprint density at radius 1 is 1.11 bits per heavy atom. The number of aromatic amines is 1. The van der Waals surface area contributed by atoms with E-state index in [9.17, 15) is 9.18 Å². The first-order valence-electron chi connectivity index (χ1n) is 9.18. The van der Waals surface area contributed by atoms with E-state index in [0.29, 0.717) is 31.1 Å². The van der Waals surface area contributed by atoms with Crippen molar-refractivity contribution in [2.45, 2.75) is 25.2 Å². The Bertz CT molecular complexity index is 900. The number of carbonyl (C=O) groups is 1. The zero-order valence-corrected chi connectivity index (χ0v) is 14.9. The minimum atomic E-state index is -0.225. The molecule has 0 atom stereocenters. The van der Waals surface area contributed by atoms with Crippen molar-refractivity contribution in [1.82, 2.24) is 20.1 Å². The van der Waals surface area contributed by atoms with Crippen molar-refractivity contribution in [3.05, 3.63) is 83.2 Å². The van der Waals surface area contributed by atoms with Crippen LogP contribution in [0.15, 0.2) is 54.7 Å². The third kappa shape index (κ3) is 4.05. The molecule has 1 N–H and O–H groups in total. The molecule has 3 aromatic rings. The Kier molecular flexibility index (Phi) is 4.96. The number of hydrogen-bond donors (Lipinski definition) is 1. The highest BCUT2D eigenvalue weighted by molar-refractivity contribution is 5.92. The molecule has 1 saturated heterocycles. The summed E-state index contributed by atoms with van der Waals surface area (Å²) in [5, 5.41) is 6.58. The summed E-state index contributed by atoms with van der Waals surface area (Å²) >= 11 is 0. The third-order valence-corrected chi connectivity index (χ3v) is 5.06. The van der Waals surface area contributed by atoms with Crippen LogP contribution in [0.4, 0.5) is 4.39 Å². The number of H-pyrrole nitrogens is 1. The van der Waals surface area contributed by atoms with E-state index in [-0.39, 0.29) is 11.7 Å². The van der Waals surface area contributed by atoms with Crippen molar-refractivity contribution in [3.8, 4) is 0 Å². The SMILES string of the molecule is O=C(c1ccn[nH]1)N1CCC(c2cccc(Cc3ccc(F)cc3)n2)CC1. The van der Waals surface area contributed by atoms with Gasteiger partial charge in [0.15, 0.2) is 0 Å². The molecule has 1 amide bonds. The lowest BCUT2D eigenvalue weighted by Gasteiger charge is -2.31. The van der Waals surface area contributed by atoms with Gasteiger partial charge in [0.25, 0.3) is 5.91 Å². The Labute approximate surface area is 157 Å². The summed E-state index contributed by atoms with van der Waals surface area (Å²) in [7, 11) is 0. The number of carbonyl (C=O) groups excluding carboxylic acids is 1. The lowest BCUT2D eigenvalue weighted by molar-refractivity contribution is 0.0706. The average Bonchev–Trinajstić information content (AvgIpc) is 3.24. The monoisotopic (exact) mass is 364 g/mol. The number of hydrogen-bond acceptors (Lipinski definition) is 3. The number of rotatable bonds is 4. The summed E-state index contributed by atoms with van der Waals surface area (Å²) in [5.41, 5.74) is 3.63. The first kappa shape index (κ1) is 17.4. The second-order valence-electron chi connectivity index (χ2n) is 6.89. The van der Waals surface area contributed by atoms with E-state index in [4.69, 9.17) is 4.98 Å². The first-order chi connectivity index (χ1) is 13.2. The summed E-state index contributed by atoms with van der Waals surface area (Å²) < 4.78 is 13.1. The van der Waals surface area contributed by atoms with Crippen molar-refractivity contribution >= 4 is 5.91 Å². The first-order valence-corrected chi connectivity index (χ1v) is 9.18. The number of likely N-dealkylation sites (tertiary alicyclic amines) is 1. The van der Waals surface area contributed by atoms with Gasteiger partial charge in [0.1, 0.15) is 11.5 Å². The van der Waals surface area contributed by atoms with Gasteiger partial charge in [-0.25, -0.2) is 4.39 Å². The van der Waals surface area contributed by atoms with E-state index >= 15 is 0 Å². The zero-order chi connectivity index (χ0) is 18.6. The fourth-order valence-corrected chi connectivity index (χ4v) is 3.56. The molecular formula is C21H21FN4O. The number of benzene rings is 1. The van der Waals surface area contributed by atoms with Crippen molar-refractivity contribution in [1.29, 1.82) is 0 Å². The largest absolute Gasteiger partial charge is 0.337 e. The maximum Gasteiger partial charge on any atom is 0.271 e. The van der Waals surface area contributed by atoms with Gasteiger partial charge in [0, 0.05) is 43.0 Å². The molecule has 1 fully saturated rings. The van der Waals surface area contributed by atoms with Crippen LogP contribution in [-0.4, -0.2) is 39.1 Å². The number of nitrogens with zero attached hydrogens (tertiary/aromatic N) is 3. The maximum atomic E-state index is 13.1. The van der Waals surface area contributed by atoms with Gasteiger partial charge in [-0.15, -0.1) is 0 Å². The molecule has 27 heavy (non-hydrogen) atoms. The van der Waals surface area contributed by atoms with Crippen LogP contribution in [0.5, 0.6) is 0 Å². The van der Waals surface area contributed by atoms with Crippen molar-refractivity contribution in [2.75, 3.05) is 13.1 Å². The van der Waals surface area contributed by atoms with Crippen LogP contribution in [0, 0.1) is 5.82 Å². The van der Waals surface area contributed by atoms with Gasteiger partial charge in [-0.1, -0.05) is 18.2 Å². The van der Waals surface area contributed by atoms with Crippen molar-refractivity contribution in [3.63, 3.8) is 0 Å². The molecule has 1 aliphatic heterocycles. The molecule has 2 aromatic heterocycles. The Balaban J connectivity index is 1.40. The number of aromatic nitrogens is 3. The van der Waals surface area contributed by atoms with Crippen molar-refractivity contribution < 1.29 is 9.18 Å². The molecule has 1 aromatic carbocycles. The number of nitrogens with one attached hydrogen (secondary N) is 1. The minimum Gasteiger partial charge on any atom is -0.337 e. The summed E-state index contributed by atoms with van der Waals surface area (Å²) in [4.78, 5) is 19.1. The zero-order valence-electron chi connectivity index (χ0n) is 14.9. The summed E-state index contributed by atoms with van der Waals surface area (Å²) in [5.74, 6) is 0.129. The molecule has 0 aliphatic carbocycles. The number of halogens is 1. The predicted octanol–water partition coefficient (Wildman–Crippen LogP) is 3.55. The highest BCUT2D eigenvalue weighted by Gasteiger charge is 2.25. The lowest BCUT2D eigenvalue weighted by Crippen LogP contribution is -2.38. The van der Waals surface area contributed by atoms with E-state index < -0.39 is 0 Å². The summed E-state index contributed by atoms with van der Waals surface area (Å²) in [6.45, 7) is 1.43. The standard InChI is InChI=1S/C21H21FN4O/c22-17-6-4-15(5-7-17)14-18-2-1-3-19(24-18)16-9-12-26(13-10-16)21(27)20-8-11-23-25-20/h1-8,11,16H,9-10,12-14H2,(H,23,25). The quantitative estimate of drug-likeness (QED) is 0.770. The molecule has 6 heteroatoms. The predicted molar refractivity (Wildman–Crippen MR) is 99.9 cm³/mol. The molecule has 0 unspecified atom stereocenters. The van der Waals surface area contributed by atoms with Crippen LogP contribution < -0.4 is 0 Å². The number of piperidine rings is 1. The van der Waals surface area contributed by atoms with Crippen LogP contribution in [0.2, 0.25) is 0 Å². The highest BCUT2D eigenvalue weighted by atomic mass is 19.1.